The summed E-state index contributed by atoms with van der Waals surface area (Å²) in [6, 6.07) is -0.717. The second-order valence-corrected chi connectivity index (χ2v) is 17.2. The van der Waals surface area contributed by atoms with Crippen LogP contribution >= 0.6 is 0 Å². The van der Waals surface area contributed by atoms with Gasteiger partial charge in [0.15, 0.2) is 0 Å². The van der Waals surface area contributed by atoms with Crippen molar-refractivity contribution >= 4 is 11.9 Å². The van der Waals surface area contributed by atoms with Crippen LogP contribution in [-0.2, 0) is 14.3 Å². The predicted octanol–water partition coefficient (Wildman–Crippen LogP) is 14.9. The van der Waals surface area contributed by atoms with Crippen molar-refractivity contribution in [1.82, 2.24) is 5.32 Å². The van der Waals surface area contributed by atoms with Gasteiger partial charge >= 0.3 is 5.97 Å². The van der Waals surface area contributed by atoms with Crippen molar-refractivity contribution in [3.63, 3.8) is 0 Å². The molecule has 6 heteroatoms. The average Bonchev–Trinajstić information content (AvgIpc) is 3.22. The molecule has 0 aromatic rings. The summed E-state index contributed by atoms with van der Waals surface area (Å²) in [5.41, 5.74) is 0. The van der Waals surface area contributed by atoms with Crippen LogP contribution in [0.1, 0.15) is 258 Å². The van der Waals surface area contributed by atoms with Gasteiger partial charge in [0.2, 0.25) is 5.91 Å². The molecule has 0 aliphatic carbocycles. The van der Waals surface area contributed by atoms with Gasteiger partial charge in [0.1, 0.15) is 6.10 Å². The fourth-order valence-corrected chi connectivity index (χ4v) is 7.60. The summed E-state index contributed by atoms with van der Waals surface area (Å²) < 4.78 is 5.86. The smallest absolute Gasteiger partial charge is 0.306 e. The maximum absolute atomic E-state index is 13.2. The Bertz CT molecular complexity index is 961. The topological polar surface area (TPSA) is 95.9 Å². The number of carbonyl (C=O) groups is 2. The monoisotopic (exact) mass is 816 g/mol. The van der Waals surface area contributed by atoms with Gasteiger partial charge in [0.05, 0.1) is 25.2 Å². The van der Waals surface area contributed by atoms with Gasteiger partial charge in [-0.2, -0.15) is 0 Å². The Labute approximate surface area is 360 Å². The molecule has 0 spiro atoms. The third-order valence-electron chi connectivity index (χ3n) is 11.5. The van der Waals surface area contributed by atoms with Crippen LogP contribution in [0.15, 0.2) is 36.5 Å². The average molecular weight is 816 g/mol. The first-order chi connectivity index (χ1) is 28.5. The van der Waals surface area contributed by atoms with Gasteiger partial charge in [-0.25, -0.2) is 0 Å². The van der Waals surface area contributed by atoms with E-state index in [0.29, 0.717) is 19.3 Å². The first-order valence-electron chi connectivity index (χ1n) is 25.2. The molecule has 0 rings (SSSR count). The van der Waals surface area contributed by atoms with Gasteiger partial charge < -0.3 is 20.3 Å². The van der Waals surface area contributed by atoms with E-state index >= 15 is 0 Å². The van der Waals surface area contributed by atoms with Crippen LogP contribution in [0.2, 0.25) is 0 Å². The Hall–Kier alpha value is -1.92. The molecule has 0 radical (unpaired) electrons. The van der Waals surface area contributed by atoms with E-state index in [0.717, 1.165) is 51.4 Å². The van der Waals surface area contributed by atoms with Crippen LogP contribution in [-0.4, -0.2) is 46.9 Å². The van der Waals surface area contributed by atoms with Crippen LogP contribution in [0, 0.1) is 0 Å². The molecule has 340 valence electrons. The quantitative estimate of drug-likeness (QED) is 0.0323. The van der Waals surface area contributed by atoms with Crippen molar-refractivity contribution < 1.29 is 24.5 Å². The highest BCUT2D eigenvalue weighted by Gasteiger charge is 2.23. The first-order valence-corrected chi connectivity index (χ1v) is 25.2. The number of carbonyl (C=O) groups excluding carboxylic acids is 2. The molecule has 0 aliphatic rings. The predicted molar refractivity (Wildman–Crippen MR) is 250 cm³/mol. The number of ether oxygens (including phenoxy) is 1. The second-order valence-electron chi connectivity index (χ2n) is 17.2. The second kappa shape index (κ2) is 46.2. The lowest BCUT2D eigenvalue weighted by Crippen LogP contribution is -2.46. The SMILES string of the molecule is CCCCCCCC/C=C\C/C=C/CCC(=O)OC(CCC/C=C\CCCCCCCC)CC(=O)NC(CO)C(O)CCCCCCCCCCCCCCCCC. The summed E-state index contributed by atoms with van der Waals surface area (Å²) in [5, 5.41) is 23.7. The molecule has 0 saturated heterocycles. The van der Waals surface area contributed by atoms with Crippen molar-refractivity contribution in [3.8, 4) is 0 Å². The molecule has 0 bridgehead atoms. The van der Waals surface area contributed by atoms with Gasteiger partial charge in [-0.05, 0) is 64.2 Å². The minimum absolute atomic E-state index is 0.0363. The standard InChI is InChI=1S/C52H97NO5/c1-4-7-10-13-16-19-22-24-25-27-29-32-35-38-41-44-50(55)49(47-54)53-51(56)46-48(43-40-37-34-31-28-21-18-15-12-9-6-3)58-52(57)45-42-39-36-33-30-26-23-20-17-14-11-8-5-2/h26,30-31,34,36,39,48-50,54-55H,4-25,27-29,32-33,35,37-38,40-47H2,1-3H3,(H,53,56)/b30-26-,34-31-,39-36+. The zero-order valence-electron chi connectivity index (χ0n) is 38.7. The van der Waals surface area contributed by atoms with Crippen molar-refractivity contribution in [2.45, 2.75) is 277 Å². The summed E-state index contributed by atoms with van der Waals surface area (Å²) >= 11 is 0. The summed E-state index contributed by atoms with van der Waals surface area (Å²) in [7, 11) is 0. The largest absolute Gasteiger partial charge is 0.462 e. The number of unbranched alkanes of at least 4 members (excludes halogenated alkanes) is 27. The van der Waals surface area contributed by atoms with Crippen molar-refractivity contribution in [2.24, 2.45) is 0 Å². The number of hydrogen-bond donors (Lipinski definition) is 3. The zero-order valence-corrected chi connectivity index (χ0v) is 38.7. The van der Waals surface area contributed by atoms with E-state index in [4.69, 9.17) is 4.74 Å². The van der Waals surface area contributed by atoms with Crippen LogP contribution in [0.5, 0.6) is 0 Å². The minimum Gasteiger partial charge on any atom is -0.462 e. The highest BCUT2D eigenvalue weighted by Crippen LogP contribution is 2.17. The van der Waals surface area contributed by atoms with E-state index < -0.39 is 18.2 Å². The number of amides is 1. The number of nitrogens with one attached hydrogen (secondary N) is 1. The van der Waals surface area contributed by atoms with Crippen LogP contribution in [0.25, 0.3) is 0 Å². The number of aliphatic hydroxyl groups is 2. The summed E-state index contributed by atoms with van der Waals surface area (Å²) in [6.07, 6.45) is 53.6. The van der Waals surface area contributed by atoms with Crippen molar-refractivity contribution in [2.75, 3.05) is 6.61 Å². The highest BCUT2D eigenvalue weighted by atomic mass is 16.5. The molecule has 1 amide bonds. The number of esters is 1. The molecular weight excluding hydrogens is 719 g/mol. The van der Waals surface area contributed by atoms with Crippen LogP contribution in [0.3, 0.4) is 0 Å². The zero-order chi connectivity index (χ0) is 42.4. The van der Waals surface area contributed by atoms with Gasteiger partial charge in [-0.15, -0.1) is 0 Å². The normalized spacial score (nSPS) is 13.5. The van der Waals surface area contributed by atoms with E-state index in [9.17, 15) is 19.8 Å². The third kappa shape index (κ3) is 40.8. The Morgan fingerprint density at radius 1 is 0.500 bits per heavy atom. The lowest BCUT2D eigenvalue weighted by atomic mass is 10.0. The Morgan fingerprint density at radius 3 is 1.36 bits per heavy atom. The van der Waals surface area contributed by atoms with E-state index in [1.54, 1.807) is 0 Å². The van der Waals surface area contributed by atoms with Gasteiger partial charge in [0, 0.05) is 6.42 Å². The highest BCUT2D eigenvalue weighted by molar-refractivity contribution is 5.77. The molecule has 0 heterocycles. The molecule has 6 nitrogen and oxygen atoms in total. The molecule has 0 fully saturated rings. The Balaban J connectivity index is 4.59. The van der Waals surface area contributed by atoms with E-state index in [1.807, 2.05) is 6.08 Å². The lowest BCUT2D eigenvalue weighted by Gasteiger charge is -2.24. The first kappa shape index (κ1) is 56.1. The molecule has 0 aromatic carbocycles. The van der Waals surface area contributed by atoms with E-state index in [-0.39, 0.29) is 31.3 Å². The van der Waals surface area contributed by atoms with Gasteiger partial charge in [0.25, 0.3) is 0 Å². The van der Waals surface area contributed by atoms with E-state index in [1.165, 1.54) is 154 Å². The summed E-state index contributed by atoms with van der Waals surface area (Å²) in [4.78, 5) is 26.0. The van der Waals surface area contributed by atoms with Gasteiger partial charge in [-0.3, -0.25) is 9.59 Å². The van der Waals surface area contributed by atoms with Gasteiger partial charge in [-0.1, -0.05) is 218 Å². The van der Waals surface area contributed by atoms with Crippen molar-refractivity contribution in [1.29, 1.82) is 0 Å². The molecule has 0 aromatic heterocycles. The molecule has 0 saturated carbocycles. The summed E-state index contributed by atoms with van der Waals surface area (Å²) in [6.45, 7) is 6.45. The molecule has 3 atom stereocenters. The minimum atomic E-state index is -0.800. The lowest BCUT2D eigenvalue weighted by molar-refractivity contribution is -0.150. The molecule has 0 aliphatic heterocycles. The maximum Gasteiger partial charge on any atom is 0.306 e. The molecule has 3 N–H and O–H groups in total. The van der Waals surface area contributed by atoms with Crippen molar-refractivity contribution in [3.05, 3.63) is 36.5 Å². The number of rotatable bonds is 45. The molecule has 3 unspecified atom stereocenters. The fourth-order valence-electron chi connectivity index (χ4n) is 7.60. The molecular formula is C52H97NO5. The third-order valence-corrected chi connectivity index (χ3v) is 11.5. The number of allylic oxidation sites excluding steroid dienone is 6. The number of aliphatic hydroxyl groups excluding tert-OH is 2. The number of hydrogen-bond acceptors (Lipinski definition) is 5. The van der Waals surface area contributed by atoms with Crippen LogP contribution < -0.4 is 5.32 Å². The maximum atomic E-state index is 13.2. The van der Waals surface area contributed by atoms with Crippen LogP contribution in [0.4, 0.5) is 0 Å². The van der Waals surface area contributed by atoms with E-state index in [2.05, 4.69) is 56.5 Å². The molecule has 58 heavy (non-hydrogen) atoms. The fraction of sp³-hybridized carbons (Fsp3) is 0.846. The Morgan fingerprint density at radius 2 is 0.897 bits per heavy atom. The summed E-state index contributed by atoms with van der Waals surface area (Å²) in [5.74, 6) is -0.578. The Kier molecular flexibility index (Phi) is 44.6.